The van der Waals surface area contributed by atoms with E-state index in [1.54, 1.807) is 6.07 Å². The molecule has 98 valence electrons. The van der Waals surface area contributed by atoms with Crippen molar-refractivity contribution in [2.75, 3.05) is 5.32 Å². The number of hydrogen-bond donors (Lipinski definition) is 1. The lowest BCUT2D eigenvalue weighted by Crippen LogP contribution is -2.13. The number of aryl methyl sites for hydroxylation is 2. The van der Waals surface area contributed by atoms with E-state index in [1.165, 1.54) is 6.20 Å². The van der Waals surface area contributed by atoms with Crippen LogP contribution in [-0.2, 0) is 0 Å². The summed E-state index contributed by atoms with van der Waals surface area (Å²) in [7, 11) is 0. The summed E-state index contributed by atoms with van der Waals surface area (Å²) in [4.78, 5) is 16.2. The number of benzene rings is 1. The number of carbonyl (C=O) groups is 1. The lowest BCUT2D eigenvalue weighted by atomic mass is 10.2. The number of halogens is 2. The molecule has 0 atom stereocenters. The van der Waals surface area contributed by atoms with E-state index in [0.29, 0.717) is 10.6 Å². The first-order chi connectivity index (χ1) is 8.97. The Balaban J connectivity index is 2.25. The molecular weight excluding hydrogens is 328 g/mol. The Morgan fingerprint density at radius 3 is 2.68 bits per heavy atom. The summed E-state index contributed by atoms with van der Waals surface area (Å²) < 4.78 is 0.970. The van der Waals surface area contributed by atoms with E-state index >= 15 is 0 Å². The average molecular weight is 340 g/mol. The van der Waals surface area contributed by atoms with Crippen molar-refractivity contribution < 1.29 is 4.79 Å². The van der Waals surface area contributed by atoms with Crippen LogP contribution in [0.2, 0.25) is 5.02 Å². The normalized spacial score (nSPS) is 10.3. The van der Waals surface area contributed by atoms with Gasteiger partial charge in [0.15, 0.2) is 0 Å². The maximum Gasteiger partial charge on any atom is 0.258 e. The van der Waals surface area contributed by atoms with Crippen molar-refractivity contribution in [1.82, 2.24) is 4.98 Å². The SMILES string of the molecule is Cc1cc(Cl)c(C(=O)Nc2ccc(Br)cc2C)cn1. The van der Waals surface area contributed by atoms with Crippen molar-refractivity contribution in [3.05, 3.63) is 56.8 Å². The largest absolute Gasteiger partial charge is 0.322 e. The molecule has 0 aliphatic heterocycles. The third kappa shape index (κ3) is 3.33. The zero-order chi connectivity index (χ0) is 14.0. The van der Waals surface area contributed by atoms with Crippen molar-refractivity contribution in [2.45, 2.75) is 13.8 Å². The number of nitrogens with zero attached hydrogens (tertiary/aromatic N) is 1. The van der Waals surface area contributed by atoms with Gasteiger partial charge in [0.1, 0.15) is 0 Å². The number of rotatable bonds is 2. The average Bonchev–Trinajstić information content (AvgIpc) is 2.32. The quantitative estimate of drug-likeness (QED) is 0.883. The van der Waals surface area contributed by atoms with Crippen molar-refractivity contribution in [3.8, 4) is 0 Å². The van der Waals surface area contributed by atoms with Gasteiger partial charge in [-0.1, -0.05) is 27.5 Å². The molecule has 0 fully saturated rings. The molecule has 1 heterocycles. The van der Waals surface area contributed by atoms with Crippen molar-refractivity contribution in [1.29, 1.82) is 0 Å². The Morgan fingerprint density at radius 2 is 2.05 bits per heavy atom. The first-order valence-corrected chi connectivity index (χ1v) is 6.84. The van der Waals surface area contributed by atoms with Crippen LogP contribution in [0.3, 0.4) is 0 Å². The van der Waals surface area contributed by atoms with Crippen molar-refractivity contribution in [2.24, 2.45) is 0 Å². The molecule has 1 amide bonds. The van der Waals surface area contributed by atoms with Gasteiger partial charge in [0, 0.05) is 22.1 Å². The van der Waals surface area contributed by atoms with Crippen LogP contribution in [0.5, 0.6) is 0 Å². The molecule has 1 aromatic heterocycles. The van der Waals surface area contributed by atoms with Gasteiger partial charge in [-0.25, -0.2) is 0 Å². The highest BCUT2D eigenvalue weighted by Gasteiger charge is 2.12. The zero-order valence-electron chi connectivity index (χ0n) is 10.5. The van der Waals surface area contributed by atoms with Crippen LogP contribution in [0, 0.1) is 13.8 Å². The van der Waals surface area contributed by atoms with E-state index in [2.05, 4.69) is 26.2 Å². The minimum absolute atomic E-state index is 0.261. The number of carbonyl (C=O) groups excluding carboxylic acids is 1. The van der Waals surface area contributed by atoms with Gasteiger partial charge in [-0.3, -0.25) is 9.78 Å². The van der Waals surface area contributed by atoms with Crippen LogP contribution in [0.4, 0.5) is 5.69 Å². The molecule has 1 aromatic carbocycles. The summed E-state index contributed by atoms with van der Waals surface area (Å²) in [5.41, 5.74) is 2.87. The summed E-state index contributed by atoms with van der Waals surface area (Å²) in [6.07, 6.45) is 1.49. The molecule has 0 spiro atoms. The van der Waals surface area contributed by atoms with Gasteiger partial charge in [-0.2, -0.15) is 0 Å². The summed E-state index contributed by atoms with van der Waals surface area (Å²) in [5, 5.41) is 3.23. The van der Waals surface area contributed by atoms with Gasteiger partial charge in [-0.05, 0) is 43.7 Å². The Labute approximate surface area is 125 Å². The molecular formula is C14H12BrClN2O. The Bertz CT molecular complexity index is 643. The predicted octanol–water partition coefficient (Wildman–Crippen LogP) is 4.37. The Kier molecular flexibility index (Phi) is 4.22. The number of hydrogen-bond acceptors (Lipinski definition) is 2. The van der Waals surface area contributed by atoms with E-state index in [9.17, 15) is 4.79 Å². The minimum Gasteiger partial charge on any atom is -0.322 e. The van der Waals surface area contributed by atoms with Gasteiger partial charge < -0.3 is 5.32 Å². The lowest BCUT2D eigenvalue weighted by molar-refractivity contribution is 0.102. The maximum atomic E-state index is 12.1. The Hall–Kier alpha value is -1.39. The second-order valence-electron chi connectivity index (χ2n) is 4.22. The molecule has 1 N–H and O–H groups in total. The number of nitrogens with one attached hydrogen (secondary N) is 1. The van der Waals surface area contributed by atoms with Crippen LogP contribution in [0.25, 0.3) is 0 Å². The van der Waals surface area contributed by atoms with Crippen molar-refractivity contribution in [3.63, 3.8) is 0 Å². The molecule has 2 rings (SSSR count). The van der Waals surface area contributed by atoms with E-state index in [0.717, 1.165) is 21.4 Å². The number of pyridine rings is 1. The molecule has 5 heteroatoms. The number of aromatic nitrogens is 1. The molecule has 0 unspecified atom stereocenters. The van der Waals surface area contributed by atoms with Gasteiger partial charge in [0.2, 0.25) is 0 Å². The maximum absolute atomic E-state index is 12.1. The third-order valence-electron chi connectivity index (χ3n) is 2.67. The predicted molar refractivity (Wildman–Crippen MR) is 80.8 cm³/mol. The molecule has 19 heavy (non-hydrogen) atoms. The highest BCUT2D eigenvalue weighted by atomic mass is 79.9. The first kappa shape index (κ1) is 14.0. The van der Waals surface area contributed by atoms with Crippen LogP contribution >= 0.6 is 27.5 Å². The molecule has 0 radical (unpaired) electrons. The smallest absolute Gasteiger partial charge is 0.258 e. The monoisotopic (exact) mass is 338 g/mol. The van der Waals surface area contributed by atoms with Crippen LogP contribution in [-0.4, -0.2) is 10.9 Å². The molecule has 0 bridgehead atoms. The van der Waals surface area contributed by atoms with Gasteiger partial charge in [-0.15, -0.1) is 0 Å². The second-order valence-corrected chi connectivity index (χ2v) is 5.54. The molecule has 0 saturated carbocycles. The zero-order valence-corrected chi connectivity index (χ0v) is 12.8. The Morgan fingerprint density at radius 1 is 1.32 bits per heavy atom. The first-order valence-electron chi connectivity index (χ1n) is 5.67. The fourth-order valence-corrected chi connectivity index (χ4v) is 2.42. The molecule has 0 aliphatic carbocycles. The van der Waals surface area contributed by atoms with Gasteiger partial charge in [0.05, 0.1) is 10.6 Å². The fraction of sp³-hybridized carbons (Fsp3) is 0.143. The topological polar surface area (TPSA) is 42.0 Å². The van der Waals surface area contributed by atoms with Gasteiger partial charge >= 0.3 is 0 Å². The van der Waals surface area contributed by atoms with Crippen molar-refractivity contribution >= 4 is 39.1 Å². The van der Waals surface area contributed by atoms with E-state index < -0.39 is 0 Å². The van der Waals surface area contributed by atoms with Crippen LogP contribution in [0.1, 0.15) is 21.6 Å². The summed E-state index contributed by atoms with van der Waals surface area (Å²) >= 11 is 9.43. The molecule has 0 saturated heterocycles. The molecule has 2 aromatic rings. The van der Waals surface area contributed by atoms with E-state index in [1.807, 2.05) is 32.0 Å². The minimum atomic E-state index is -0.261. The molecule has 3 nitrogen and oxygen atoms in total. The van der Waals surface area contributed by atoms with Gasteiger partial charge in [0.25, 0.3) is 5.91 Å². The number of anilines is 1. The lowest BCUT2D eigenvalue weighted by Gasteiger charge is -2.09. The van der Waals surface area contributed by atoms with Crippen LogP contribution in [0.15, 0.2) is 34.9 Å². The standard InChI is InChI=1S/C14H12BrClN2O/c1-8-5-10(15)3-4-13(8)18-14(19)11-7-17-9(2)6-12(11)16/h3-7H,1-2H3,(H,18,19). The summed E-state index contributed by atoms with van der Waals surface area (Å²) in [5.74, 6) is -0.261. The number of amides is 1. The van der Waals surface area contributed by atoms with E-state index in [4.69, 9.17) is 11.6 Å². The molecule has 0 aliphatic rings. The second kappa shape index (κ2) is 5.72. The third-order valence-corrected chi connectivity index (χ3v) is 3.48. The van der Waals surface area contributed by atoms with E-state index in [-0.39, 0.29) is 5.91 Å². The summed E-state index contributed by atoms with van der Waals surface area (Å²) in [6.45, 7) is 3.75. The fourth-order valence-electron chi connectivity index (χ4n) is 1.65. The van der Waals surface area contributed by atoms with Crippen LogP contribution < -0.4 is 5.32 Å². The highest BCUT2D eigenvalue weighted by molar-refractivity contribution is 9.10. The highest BCUT2D eigenvalue weighted by Crippen LogP contribution is 2.22. The summed E-state index contributed by atoms with van der Waals surface area (Å²) in [6, 6.07) is 7.32.